The topological polar surface area (TPSA) is 81.7 Å². The monoisotopic (exact) mass is 715 g/mol. The minimum absolute atomic E-state index is 0.593. The molecule has 0 spiro atoms. The average Bonchev–Trinajstić information content (AvgIpc) is 3.29. The lowest BCUT2D eigenvalue weighted by molar-refractivity contribution is 1.07. The number of hydrogen-bond donors (Lipinski definition) is 0. The lowest BCUT2D eigenvalue weighted by Gasteiger charge is -2.15. The molecule has 260 valence electrons. The molecule has 0 saturated heterocycles. The normalized spacial score (nSPS) is 11.2. The summed E-state index contributed by atoms with van der Waals surface area (Å²) in [6, 6.07) is 50.9. The predicted molar refractivity (Wildman–Crippen MR) is 225 cm³/mol. The molecule has 7 nitrogen and oxygen atoms in total. The summed E-state index contributed by atoms with van der Waals surface area (Å²) in [6.45, 7) is 7.34. The molecule has 0 fully saturated rings. The SMILES string of the molecule is [C-]#[N+]c1ccc(-c2cncc(-c3cc4c5cccnc5c(-c5cccc(-c6nc(-c7ccccc7)nc(-c7ccccc7)n6)c5)cc4c4cccnc34)c2)cc1. The summed E-state index contributed by atoms with van der Waals surface area (Å²) in [7, 11) is 0. The molecule has 0 bridgehead atoms. The van der Waals surface area contributed by atoms with Crippen LogP contribution in [0.15, 0.2) is 176 Å². The molecule has 0 radical (unpaired) electrons. The highest BCUT2D eigenvalue weighted by molar-refractivity contribution is 6.22. The van der Waals surface area contributed by atoms with Crippen LogP contribution in [-0.4, -0.2) is 29.9 Å². The van der Waals surface area contributed by atoms with Gasteiger partial charge in [-0.3, -0.25) is 15.0 Å². The molecule has 0 amide bonds. The Morgan fingerprint density at radius 3 is 1.46 bits per heavy atom. The van der Waals surface area contributed by atoms with Crippen molar-refractivity contribution in [2.24, 2.45) is 0 Å². The molecule has 0 atom stereocenters. The maximum atomic E-state index is 7.34. The van der Waals surface area contributed by atoms with Gasteiger partial charge in [0.1, 0.15) is 0 Å². The number of aromatic nitrogens is 6. The van der Waals surface area contributed by atoms with E-state index in [4.69, 9.17) is 31.5 Å². The summed E-state index contributed by atoms with van der Waals surface area (Å²) in [5.41, 5.74) is 11.0. The summed E-state index contributed by atoms with van der Waals surface area (Å²) in [4.78, 5) is 33.0. The van der Waals surface area contributed by atoms with E-state index in [9.17, 15) is 0 Å². The molecule has 4 aromatic heterocycles. The second-order valence-electron chi connectivity index (χ2n) is 13.5. The Kier molecular flexibility index (Phi) is 8.05. The van der Waals surface area contributed by atoms with E-state index >= 15 is 0 Å². The number of rotatable bonds is 6. The van der Waals surface area contributed by atoms with Crippen molar-refractivity contribution in [1.29, 1.82) is 0 Å². The van der Waals surface area contributed by atoms with Crippen molar-refractivity contribution in [1.82, 2.24) is 29.9 Å². The Bertz CT molecular complexity index is 3080. The molecule has 4 heterocycles. The maximum absolute atomic E-state index is 7.34. The molecule has 0 aliphatic heterocycles. The van der Waals surface area contributed by atoms with Gasteiger partial charge in [-0.2, -0.15) is 0 Å². The Labute approximate surface area is 322 Å². The zero-order chi connectivity index (χ0) is 37.4. The Balaban J connectivity index is 1.14. The van der Waals surface area contributed by atoms with E-state index in [-0.39, 0.29) is 0 Å². The molecule has 0 unspecified atom stereocenters. The molecule has 0 saturated carbocycles. The summed E-state index contributed by atoms with van der Waals surface area (Å²) < 4.78 is 0. The summed E-state index contributed by atoms with van der Waals surface area (Å²) >= 11 is 0. The van der Waals surface area contributed by atoms with Crippen LogP contribution in [0.3, 0.4) is 0 Å². The van der Waals surface area contributed by atoms with Crippen molar-refractivity contribution in [3.63, 3.8) is 0 Å². The van der Waals surface area contributed by atoms with Gasteiger partial charge in [-0.05, 0) is 58.3 Å². The van der Waals surface area contributed by atoms with Crippen molar-refractivity contribution in [2.75, 3.05) is 0 Å². The van der Waals surface area contributed by atoms with Crippen molar-refractivity contribution in [2.45, 2.75) is 0 Å². The van der Waals surface area contributed by atoms with Gasteiger partial charge >= 0.3 is 0 Å². The maximum Gasteiger partial charge on any atom is 0.187 e. The third-order valence-electron chi connectivity index (χ3n) is 10.1. The van der Waals surface area contributed by atoms with Crippen LogP contribution in [0.1, 0.15) is 0 Å². The molecule has 56 heavy (non-hydrogen) atoms. The first-order chi connectivity index (χ1) is 27.7. The first-order valence-electron chi connectivity index (χ1n) is 18.2. The van der Waals surface area contributed by atoms with Crippen LogP contribution in [-0.2, 0) is 0 Å². The van der Waals surface area contributed by atoms with Crippen LogP contribution in [0.4, 0.5) is 5.69 Å². The molecule has 10 rings (SSSR count). The predicted octanol–water partition coefficient (Wildman–Crippen LogP) is 12.1. The summed E-state index contributed by atoms with van der Waals surface area (Å²) in [5, 5.41) is 4.23. The summed E-state index contributed by atoms with van der Waals surface area (Å²) in [6.07, 6.45) is 7.43. The Morgan fingerprint density at radius 1 is 0.375 bits per heavy atom. The minimum atomic E-state index is 0.593. The fraction of sp³-hybridized carbons (Fsp3) is 0. The third kappa shape index (κ3) is 5.88. The fourth-order valence-corrected chi connectivity index (χ4v) is 7.38. The van der Waals surface area contributed by atoms with Crippen LogP contribution >= 0.6 is 0 Å². The quantitative estimate of drug-likeness (QED) is 0.126. The lowest BCUT2D eigenvalue weighted by atomic mass is 9.90. The van der Waals surface area contributed by atoms with Crippen LogP contribution in [0.25, 0.3) is 105 Å². The average molecular weight is 716 g/mol. The number of benzene rings is 6. The van der Waals surface area contributed by atoms with E-state index in [1.165, 1.54) is 0 Å². The van der Waals surface area contributed by atoms with E-state index in [2.05, 4.69) is 58.4 Å². The molecule has 0 aliphatic rings. The van der Waals surface area contributed by atoms with Gasteiger partial charge in [0.15, 0.2) is 23.2 Å². The number of hydrogen-bond acceptors (Lipinski definition) is 6. The zero-order valence-electron chi connectivity index (χ0n) is 29.9. The number of fused-ring (bicyclic) bond motifs is 5. The van der Waals surface area contributed by atoms with Gasteiger partial charge in [-0.25, -0.2) is 19.8 Å². The molecule has 10 aromatic rings. The molecular formula is C49H29N7. The van der Waals surface area contributed by atoms with Crippen molar-refractivity contribution < 1.29 is 0 Å². The molecule has 6 aromatic carbocycles. The van der Waals surface area contributed by atoms with E-state index in [0.29, 0.717) is 23.2 Å². The van der Waals surface area contributed by atoms with Gasteiger partial charge in [-0.1, -0.05) is 115 Å². The van der Waals surface area contributed by atoms with Crippen LogP contribution < -0.4 is 0 Å². The number of nitrogens with zero attached hydrogens (tertiary/aromatic N) is 7. The zero-order valence-corrected chi connectivity index (χ0v) is 29.9. The van der Waals surface area contributed by atoms with Crippen molar-refractivity contribution in [3.05, 3.63) is 188 Å². The third-order valence-corrected chi connectivity index (χ3v) is 10.1. The highest BCUT2D eigenvalue weighted by Gasteiger charge is 2.18. The smallest absolute Gasteiger partial charge is 0.187 e. The Hall–Kier alpha value is -7.95. The van der Waals surface area contributed by atoms with E-state index < -0.39 is 0 Å². The lowest BCUT2D eigenvalue weighted by Crippen LogP contribution is -2.00. The van der Waals surface area contributed by atoms with Gasteiger partial charge < -0.3 is 0 Å². The van der Waals surface area contributed by atoms with Crippen LogP contribution in [0, 0.1) is 6.57 Å². The van der Waals surface area contributed by atoms with Crippen LogP contribution in [0.2, 0.25) is 0 Å². The second-order valence-corrected chi connectivity index (χ2v) is 13.5. The van der Waals surface area contributed by atoms with Crippen LogP contribution in [0.5, 0.6) is 0 Å². The fourth-order valence-electron chi connectivity index (χ4n) is 7.38. The van der Waals surface area contributed by atoms with Gasteiger partial charge in [0.2, 0.25) is 0 Å². The molecule has 0 aliphatic carbocycles. The van der Waals surface area contributed by atoms with Crippen molar-refractivity contribution >= 4 is 38.3 Å². The molecular weight excluding hydrogens is 687 g/mol. The second kappa shape index (κ2) is 13.8. The largest absolute Gasteiger partial charge is 0.263 e. The number of pyridine rings is 3. The molecule has 7 heteroatoms. The minimum Gasteiger partial charge on any atom is -0.263 e. The van der Waals surface area contributed by atoms with Gasteiger partial charge in [0, 0.05) is 74.5 Å². The Morgan fingerprint density at radius 2 is 0.875 bits per heavy atom. The van der Waals surface area contributed by atoms with E-state index in [1.54, 1.807) is 0 Å². The van der Waals surface area contributed by atoms with Gasteiger partial charge in [-0.15, -0.1) is 0 Å². The van der Waals surface area contributed by atoms with Crippen molar-refractivity contribution in [3.8, 4) is 67.5 Å². The standard InChI is InChI=1S/C49H29N7/c1-50-38-21-19-31(20-22-38)36-26-37(30-51-29-36)42-28-44-39-17-9-23-52-45(39)41(27-43(44)40-18-10-24-53-46(40)42)34-15-8-16-35(25-34)49-55-47(32-11-4-2-5-12-32)54-48(56-49)33-13-6-3-7-14-33/h2-30H. The highest BCUT2D eigenvalue weighted by atomic mass is 15.0. The first-order valence-corrected chi connectivity index (χ1v) is 18.2. The van der Waals surface area contributed by atoms with E-state index in [1.807, 2.05) is 128 Å². The first kappa shape index (κ1) is 32.7. The van der Waals surface area contributed by atoms with Gasteiger partial charge in [0.25, 0.3) is 0 Å². The summed E-state index contributed by atoms with van der Waals surface area (Å²) in [5.74, 6) is 1.83. The molecule has 0 N–H and O–H groups in total. The van der Waals surface area contributed by atoms with E-state index in [0.717, 1.165) is 82.6 Å². The highest BCUT2D eigenvalue weighted by Crippen LogP contribution is 2.41. The van der Waals surface area contributed by atoms with Gasteiger partial charge in [0.05, 0.1) is 17.6 Å².